The lowest BCUT2D eigenvalue weighted by Crippen LogP contribution is -2.00. The molecule has 0 bridgehead atoms. The molecule has 0 unspecified atom stereocenters. The van der Waals surface area contributed by atoms with Crippen LogP contribution in [-0.4, -0.2) is 9.97 Å². The van der Waals surface area contributed by atoms with Gasteiger partial charge in [0.25, 0.3) is 0 Å². The van der Waals surface area contributed by atoms with Gasteiger partial charge >= 0.3 is 0 Å². The van der Waals surface area contributed by atoms with E-state index in [-0.39, 0.29) is 0 Å². The van der Waals surface area contributed by atoms with Crippen LogP contribution in [0.2, 0.25) is 0 Å². The van der Waals surface area contributed by atoms with Crippen molar-refractivity contribution < 1.29 is 0 Å². The van der Waals surface area contributed by atoms with Crippen molar-refractivity contribution >= 4 is 0 Å². The summed E-state index contributed by atoms with van der Waals surface area (Å²) in [5.74, 6) is 1.03. The second kappa shape index (κ2) is 3.54. The predicted molar refractivity (Wildman–Crippen MR) is 60.7 cm³/mol. The van der Waals surface area contributed by atoms with E-state index in [0.717, 1.165) is 18.7 Å². The molecule has 1 N–H and O–H groups in total. The van der Waals surface area contributed by atoms with Gasteiger partial charge in [0.2, 0.25) is 0 Å². The number of aromatic amines is 1. The molecule has 1 aliphatic carbocycles. The van der Waals surface area contributed by atoms with Gasteiger partial charge in [-0.15, -0.1) is 0 Å². The highest BCUT2D eigenvalue weighted by Gasteiger charge is 2.14. The summed E-state index contributed by atoms with van der Waals surface area (Å²) in [5, 5.41) is 0. The third kappa shape index (κ3) is 1.56. The van der Waals surface area contributed by atoms with Gasteiger partial charge in [-0.3, -0.25) is 0 Å². The van der Waals surface area contributed by atoms with Gasteiger partial charge in [-0.05, 0) is 25.7 Å². The summed E-state index contributed by atoms with van der Waals surface area (Å²) >= 11 is 0. The van der Waals surface area contributed by atoms with E-state index >= 15 is 0 Å². The van der Waals surface area contributed by atoms with Crippen molar-refractivity contribution in [2.24, 2.45) is 0 Å². The second-order valence-electron chi connectivity index (χ2n) is 4.08. The van der Waals surface area contributed by atoms with Crippen molar-refractivity contribution in [1.82, 2.24) is 9.97 Å². The van der Waals surface area contributed by atoms with Crippen LogP contribution in [0.5, 0.6) is 0 Å². The number of aromatic nitrogens is 2. The van der Waals surface area contributed by atoms with E-state index in [9.17, 15) is 0 Å². The minimum atomic E-state index is 1.03. The number of nitrogens with zero attached hydrogens (tertiary/aromatic N) is 1. The molecule has 0 radical (unpaired) electrons. The Morgan fingerprint density at radius 1 is 1.00 bits per heavy atom. The van der Waals surface area contributed by atoms with Crippen LogP contribution in [0.4, 0.5) is 0 Å². The molecule has 0 fully saturated rings. The number of fused-ring (bicyclic) bond motifs is 1. The molecule has 2 nitrogen and oxygen atoms in total. The van der Waals surface area contributed by atoms with Crippen molar-refractivity contribution in [2.75, 3.05) is 0 Å². The molecule has 76 valence electrons. The molecule has 0 spiro atoms. The predicted octanol–water partition coefficient (Wildman–Crippen LogP) is 2.96. The Hall–Kier alpha value is -1.57. The van der Waals surface area contributed by atoms with Gasteiger partial charge < -0.3 is 4.98 Å². The average molecular weight is 198 g/mol. The Morgan fingerprint density at radius 2 is 1.80 bits per heavy atom. The molecule has 1 aliphatic rings. The molecule has 0 saturated heterocycles. The Morgan fingerprint density at radius 3 is 2.60 bits per heavy atom. The molecule has 3 rings (SSSR count). The molecule has 0 atom stereocenters. The molecule has 0 amide bonds. The standard InChI is InChI=1S/C13H14N2/c1-2-6-10(7-3-1)13-14-11-8-4-5-9-12(11)15-13/h1-3,6-7H,4-5,8-9H2,(H,14,15). The summed E-state index contributed by atoms with van der Waals surface area (Å²) in [7, 11) is 0. The largest absolute Gasteiger partial charge is 0.342 e. The summed E-state index contributed by atoms with van der Waals surface area (Å²) in [6.07, 6.45) is 4.88. The number of hydrogen-bond donors (Lipinski definition) is 1. The molecular formula is C13H14N2. The molecule has 2 aromatic rings. The van der Waals surface area contributed by atoms with Crippen LogP contribution in [-0.2, 0) is 12.8 Å². The van der Waals surface area contributed by atoms with Crippen LogP contribution in [0.1, 0.15) is 24.2 Å². The normalized spacial score (nSPS) is 14.9. The quantitative estimate of drug-likeness (QED) is 0.749. The maximum Gasteiger partial charge on any atom is 0.137 e. The minimum absolute atomic E-state index is 1.03. The van der Waals surface area contributed by atoms with E-state index < -0.39 is 0 Å². The zero-order chi connectivity index (χ0) is 10.1. The fraction of sp³-hybridized carbons (Fsp3) is 0.308. The van der Waals surface area contributed by atoms with Gasteiger partial charge in [0.15, 0.2) is 0 Å². The first-order chi connectivity index (χ1) is 7.43. The molecule has 1 aromatic carbocycles. The SMILES string of the molecule is c1ccc(-c2nc3c([nH]2)CCCC3)cc1. The van der Waals surface area contributed by atoms with E-state index in [2.05, 4.69) is 34.2 Å². The van der Waals surface area contributed by atoms with Crippen molar-refractivity contribution in [1.29, 1.82) is 0 Å². The Labute approximate surface area is 89.4 Å². The lowest BCUT2D eigenvalue weighted by molar-refractivity contribution is 0.667. The highest BCUT2D eigenvalue weighted by atomic mass is 14.9. The van der Waals surface area contributed by atoms with Gasteiger partial charge in [-0.1, -0.05) is 30.3 Å². The third-order valence-corrected chi connectivity index (χ3v) is 3.00. The highest BCUT2D eigenvalue weighted by molar-refractivity contribution is 5.55. The van der Waals surface area contributed by atoms with Crippen LogP contribution in [0.15, 0.2) is 30.3 Å². The van der Waals surface area contributed by atoms with Gasteiger partial charge in [-0.2, -0.15) is 0 Å². The number of benzene rings is 1. The summed E-state index contributed by atoms with van der Waals surface area (Å²) < 4.78 is 0. The minimum Gasteiger partial charge on any atom is -0.342 e. The summed E-state index contributed by atoms with van der Waals surface area (Å²) in [6, 6.07) is 10.3. The molecule has 2 heteroatoms. The van der Waals surface area contributed by atoms with Gasteiger partial charge in [-0.25, -0.2) is 4.98 Å². The van der Waals surface area contributed by atoms with Crippen LogP contribution in [0, 0.1) is 0 Å². The number of H-pyrrole nitrogens is 1. The second-order valence-corrected chi connectivity index (χ2v) is 4.08. The molecular weight excluding hydrogens is 184 g/mol. The van der Waals surface area contributed by atoms with E-state index in [1.165, 1.54) is 29.8 Å². The maximum atomic E-state index is 4.67. The zero-order valence-corrected chi connectivity index (χ0v) is 8.66. The van der Waals surface area contributed by atoms with Crippen LogP contribution < -0.4 is 0 Å². The Bertz CT molecular complexity index is 433. The Balaban J connectivity index is 2.03. The number of hydrogen-bond acceptors (Lipinski definition) is 1. The number of aryl methyl sites for hydroxylation is 2. The molecule has 0 aliphatic heterocycles. The van der Waals surface area contributed by atoms with E-state index in [4.69, 9.17) is 0 Å². The monoisotopic (exact) mass is 198 g/mol. The first-order valence-corrected chi connectivity index (χ1v) is 5.57. The fourth-order valence-electron chi connectivity index (χ4n) is 2.19. The van der Waals surface area contributed by atoms with Crippen molar-refractivity contribution in [3.63, 3.8) is 0 Å². The first kappa shape index (κ1) is 8.72. The number of nitrogens with one attached hydrogen (secondary N) is 1. The topological polar surface area (TPSA) is 28.7 Å². The summed E-state index contributed by atoms with van der Waals surface area (Å²) in [4.78, 5) is 8.10. The van der Waals surface area contributed by atoms with Crippen LogP contribution in [0.25, 0.3) is 11.4 Å². The number of rotatable bonds is 1. The van der Waals surface area contributed by atoms with E-state index in [0.29, 0.717) is 0 Å². The van der Waals surface area contributed by atoms with Crippen molar-refractivity contribution in [3.8, 4) is 11.4 Å². The molecule has 0 saturated carbocycles. The van der Waals surface area contributed by atoms with Gasteiger partial charge in [0, 0.05) is 11.3 Å². The van der Waals surface area contributed by atoms with Crippen molar-refractivity contribution in [3.05, 3.63) is 41.7 Å². The highest BCUT2D eigenvalue weighted by Crippen LogP contribution is 2.23. The van der Waals surface area contributed by atoms with Crippen molar-refractivity contribution in [2.45, 2.75) is 25.7 Å². The smallest absolute Gasteiger partial charge is 0.137 e. The lowest BCUT2D eigenvalue weighted by Gasteiger charge is -2.07. The number of imidazole rings is 1. The van der Waals surface area contributed by atoms with E-state index in [1.54, 1.807) is 0 Å². The molecule has 15 heavy (non-hydrogen) atoms. The van der Waals surface area contributed by atoms with Gasteiger partial charge in [0.05, 0.1) is 5.69 Å². The lowest BCUT2D eigenvalue weighted by atomic mass is 10.0. The first-order valence-electron chi connectivity index (χ1n) is 5.57. The average Bonchev–Trinajstić information content (AvgIpc) is 2.74. The zero-order valence-electron chi connectivity index (χ0n) is 8.66. The third-order valence-electron chi connectivity index (χ3n) is 3.00. The van der Waals surface area contributed by atoms with Crippen LogP contribution >= 0.6 is 0 Å². The van der Waals surface area contributed by atoms with Gasteiger partial charge in [0.1, 0.15) is 5.82 Å². The fourth-order valence-corrected chi connectivity index (χ4v) is 2.19. The maximum absolute atomic E-state index is 4.67. The Kier molecular flexibility index (Phi) is 2.05. The molecule has 1 heterocycles. The summed E-state index contributed by atoms with van der Waals surface area (Å²) in [6.45, 7) is 0. The molecule has 1 aromatic heterocycles. The summed E-state index contributed by atoms with van der Waals surface area (Å²) in [5.41, 5.74) is 3.81. The van der Waals surface area contributed by atoms with Crippen LogP contribution in [0.3, 0.4) is 0 Å². The van der Waals surface area contributed by atoms with E-state index in [1.807, 2.05) is 6.07 Å².